The SMILES string of the molecule is CN(CCNC(=O)c1ccc(OCC2CCCO2)cc1)c1ccccc1. The van der Waals surface area contributed by atoms with Gasteiger partial charge in [0.2, 0.25) is 0 Å². The van der Waals surface area contributed by atoms with Crippen molar-refractivity contribution in [1.29, 1.82) is 0 Å². The summed E-state index contributed by atoms with van der Waals surface area (Å²) < 4.78 is 11.3. The van der Waals surface area contributed by atoms with Gasteiger partial charge in [-0.1, -0.05) is 18.2 Å². The molecule has 2 aromatic carbocycles. The lowest BCUT2D eigenvalue weighted by Gasteiger charge is -2.19. The summed E-state index contributed by atoms with van der Waals surface area (Å²) in [7, 11) is 2.02. The maximum absolute atomic E-state index is 12.3. The summed E-state index contributed by atoms with van der Waals surface area (Å²) in [6.45, 7) is 2.73. The van der Waals surface area contributed by atoms with Crippen molar-refractivity contribution in [2.24, 2.45) is 0 Å². The third-order valence-electron chi connectivity index (χ3n) is 4.51. The van der Waals surface area contributed by atoms with E-state index in [1.165, 1.54) is 0 Å². The number of para-hydroxylation sites is 1. The van der Waals surface area contributed by atoms with Gasteiger partial charge in [-0.2, -0.15) is 0 Å². The Labute approximate surface area is 154 Å². The van der Waals surface area contributed by atoms with Gasteiger partial charge < -0.3 is 19.7 Å². The summed E-state index contributed by atoms with van der Waals surface area (Å²) >= 11 is 0. The summed E-state index contributed by atoms with van der Waals surface area (Å²) in [6.07, 6.45) is 2.35. The number of likely N-dealkylation sites (N-methyl/N-ethyl adjacent to an activating group) is 1. The molecule has 0 saturated carbocycles. The highest BCUT2D eigenvalue weighted by Crippen LogP contribution is 2.16. The van der Waals surface area contributed by atoms with Crippen LogP contribution in [0, 0.1) is 0 Å². The van der Waals surface area contributed by atoms with E-state index in [1.807, 2.05) is 37.4 Å². The van der Waals surface area contributed by atoms with E-state index in [0.717, 1.165) is 37.4 Å². The second kappa shape index (κ2) is 9.25. The molecule has 26 heavy (non-hydrogen) atoms. The van der Waals surface area contributed by atoms with Crippen molar-refractivity contribution < 1.29 is 14.3 Å². The van der Waals surface area contributed by atoms with Gasteiger partial charge in [0.25, 0.3) is 5.91 Å². The fourth-order valence-electron chi connectivity index (χ4n) is 2.92. The van der Waals surface area contributed by atoms with Crippen LogP contribution in [0.15, 0.2) is 54.6 Å². The quantitative estimate of drug-likeness (QED) is 0.791. The van der Waals surface area contributed by atoms with Crippen molar-refractivity contribution in [1.82, 2.24) is 5.32 Å². The van der Waals surface area contributed by atoms with Gasteiger partial charge in [0, 0.05) is 38.0 Å². The molecule has 1 unspecified atom stereocenters. The van der Waals surface area contributed by atoms with Crippen molar-refractivity contribution in [2.75, 3.05) is 38.3 Å². The van der Waals surface area contributed by atoms with Crippen molar-refractivity contribution in [3.05, 3.63) is 60.2 Å². The molecule has 0 radical (unpaired) electrons. The number of amides is 1. The zero-order valence-electron chi connectivity index (χ0n) is 15.2. The van der Waals surface area contributed by atoms with Crippen LogP contribution in [0.4, 0.5) is 5.69 Å². The monoisotopic (exact) mass is 354 g/mol. The van der Waals surface area contributed by atoms with Gasteiger partial charge in [-0.15, -0.1) is 0 Å². The fraction of sp³-hybridized carbons (Fsp3) is 0.381. The summed E-state index contributed by atoms with van der Waals surface area (Å²) in [5.41, 5.74) is 1.77. The van der Waals surface area contributed by atoms with E-state index in [-0.39, 0.29) is 12.0 Å². The largest absolute Gasteiger partial charge is 0.491 e. The standard InChI is InChI=1S/C21H26N2O3/c1-23(18-6-3-2-4-7-18)14-13-22-21(24)17-9-11-19(12-10-17)26-16-20-8-5-15-25-20/h2-4,6-7,9-12,20H,5,8,13-16H2,1H3,(H,22,24). The van der Waals surface area contributed by atoms with Crippen LogP contribution in [0.3, 0.4) is 0 Å². The molecule has 138 valence electrons. The normalized spacial score (nSPS) is 16.3. The van der Waals surface area contributed by atoms with E-state index in [9.17, 15) is 4.79 Å². The predicted molar refractivity (Wildman–Crippen MR) is 103 cm³/mol. The van der Waals surface area contributed by atoms with Crippen LogP contribution in [0.5, 0.6) is 5.75 Å². The molecule has 0 aliphatic carbocycles. The first-order valence-corrected chi connectivity index (χ1v) is 9.11. The van der Waals surface area contributed by atoms with E-state index < -0.39 is 0 Å². The Hall–Kier alpha value is -2.53. The number of ether oxygens (including phenoxy) is 2. The summed E-state index contributed by atoms with van der Waals surface area (Å²) in [5, 5.41) is 2.95. The molecule has 1 atom stereocenters. The summed E-state index contributed by atoms with van der Waals surface area (Å²) in [6, 6.07) is 17.4. The molecular formula is C21H26N2O3. The number of anilines is 1. The molecule has 3 rings (SSSR count). The molecule has 1 aliphatic heterocycles. The Bertz CT molecular complexity index is 682. The zero-order valence-corrected chi connectivity index (χ0v) is 15.2. The fourth-order valence-corrected chi connectivity index (χ4v) is 2.92. The van der Waals surface area contributed by atoms with E-state index in [1.54, 1.807) is 12.1 Å². The smallest absolute Gasteiger partial charge is 0.251 e. The van der Waals surface area contributed by atoms with Gasteiger partial charge in [0.15, 0.2) is 0 Å². The van der Waals surface area contributed by atoms with Crippen molar-refractivity contribution in [2.45, 2.75) is 18.9 Å². The van der Waals surface area contributed by atoms with E-state index in [0.29, 0.717) is 18.7 Å². The molecule has 1 heterocycles. The average Bonchev–Trinajstić information content (AvgIpc) is 3.21. The van der Waals surface area contributed by atoms with Gasteiger partial charge in [-0.3, -0.25) is 4.79 Å². The van der Waals surface area contributed by atoms with Gasteiger partial charge in [-0.05, 0) is 49.2 Å². The summed E-state index contributed by atoms with van der Waals surface area (Å²) in [4.78, 5) is 14.4. The second-order valence-electron chi connectivity index (χ2n) is 6.48. The Kier molecular flexibility index (Phi) is 6.50. The van der Waals surface area contributed by atoms with Crippen LogP contribution in [0.2, 0.25) is 0 Å². The van der Waals surface area contributed by atoms with Crippen molar-refractivity contribution in [3.8, 4) is 5.75 Å². The zero-order chi connectivity index (χ0) is 18.2. The first-order chi connectivity index (χ1) is 12.7. The number of carbonyl (C=O) groups excluding carboxylic acids is 1. The number of nitrogens with zero attached hydrogens (tertiary/aromatic N) is 1. The van der Waals surface area contributed by atoms with Crippen LogP contribution < -0.4 is 15.0 Å². The Balaban J connectivity index is 1.41. The predicted octanol–water partition coefficient (Wildman–Crippen LogP) is 3.11. The highest BCUT2D eigenvalue weighted by atomic mass is 16.5. The number of nitrogens with one attached hydrogen (secondary N) is 1. The second-order valence-corrected chi connectivity index (χ2v) is 6.48. The molecule has 0 bridgehead atoms. The number of hydrogen-bond donors (Lipinski definition) is 1. The molecule has 1 amide bonds. The maximum atomic E-state index is 12.3. The topological polar surface area (TPSA) is 50.8 Å². The minimum atomic E-state index is -0.0721. The molecule has 0 aromatic heterocycles. The lowest BCUT2D eigenvalue weighted by atomic mass is 10.2. The van der Waals surface area contributed by atoms with Crippen LogP contribution >= 0.6 is 0 Å². The van der Waals surface area contributed by atoms with Crippen LogP contribution in [0.25, 0.3) is 0 Å². The first-order valence-electron chi connectivity index (χ1n) is 9.11. The minimum Gasteiger partial charge on any atom is -0.491 e. The van der Waals surface area contributed by atoms with Gasteiger partial charge in [0.1, 0.15) is 12.4 Å². The van der Waals surface area contributed by atoms with E-state index in [4.69, 9.17) is 9.47 Å². The Morgan fingerprint density at radius 3 is 2.65 bits per heavy atom. The Morgan fingerprint density at radius 2 is 1.96 bits per heavy atom. The number of rotatable bonds is 8. The van der Waals surface area contributed by atoms with E-state index in [2.05, 4.69) is 22.3 Å². The van der Waals surface area contributed by atoms with Gasteiger partial charge >= 0.3 is 0 Å². The third-order valence-corrected chi connectivity index (χ3v) is 4.51. The number of hydrogen-bond acceptors (Lipinski definition) is 4. The molecule has 1 saturated heterocycles. The molecule has 1 aliphatic rings. The first kappa shape index (κ1) is 18.3. The third kappa shape index (κ3) is 5.23. The molecule has 1 fully saturated rings. The van der Waals surface area contributed by atoms with Crippen LogP contribution in [0.1, 0.15) is 23.2 Å². The highest BCUT2D eigenvalue weighted by molar-refractivity contribution is 5.94. The van der Waals surface area contributed by atoms with Crippen molar-refractivity contribution >= 4 is 11.6 Å². The average molecular weight is 354 g/mol. The highest BCUT2D eigenvalue weighted by Gasteiger charge is 2.16. The molecule has 0 spiro atoms. The Morgan fingerprint density at radius 1 is 1.19 bits per heavy atom. The molecule has 1 N–H and O–H groups in total. The molecule has 5 heteroatoms. The van der Waals surface area contributed by atoms with Crippen LogP contribution in [-0.4, -0.2) is 45.4 Å². The van der Waals surface area contributed by atoms with Crippen molar-refractivity contribution in [3.63, 3.8) is 0 Å². The van der Waals surface area contributed by atoms with Crippen LogP contribution in [-0.2, 0) is 4.74 Å². The number of benzene rings is 2. The maximum Gasteiger partial charge on any atom is 0.251 e. The summed E-state index contributed by atoms with van der Waals surface area (Å²) in [5.74, 6) is 0.693. The van der Waals surface area contributed by atoms with Gasteiger partial charge in [-0.25, -0.2) is 0 Å². The van der Waals surface area contributed by atoms with Gasteiger partial charge in [0.05, 0.1) is 6.10 Å². The minimum absolute atomic E-state index is 0.0721. The number of carbonyl (C=O) groups is 1. The lowest BCUT2D eigenvalue weighted by molar-refractivity contribution is 0.0679. The molecule has 2 aromatic rings. The lowest BCUT2D eigenvalue weighted by Crippen LogP contribution is -2.32. The van der Waals surface area contributed by atoms with E-state index >= 15 is 0 Å². The molecule has 5 nitrogen and oxygen atoms in total. The molecular weight excluding hydrogens is 328 g/mol.